The third-order valence-electron chi connectivity index (χ3n) is 2.02. The highest BCUT2D eigenvalue weighted by atomic mass is 79.9. The van der Waals surface area contributed by atoms with Crippen LogP contribution in [0.1, 0.15) is 6.92 Å². The molecule has 0 aromatic heterocycles. The lowest BCUT2D eigenvalue weighted by molar-refractivity contribution is -0.118. The van der Waals surface area contributed by atoms with Crippen LogP contribution < -0.4 is 10.0 Å². The SMILES string of the molecule is CC(=O)NCCNS(=O)(=O)c1c(F)cc(F)cc1Br. The van der Waals surface area contributed by atoms with E-state index in [1.165, 1.54) is 6.92 Å². The molecule has 9 heteroatoms. The van der Waals surface area contributed by atoms with E-state index >= 15 is 0 Å². The molecule has 0 aliphatic rings. The lowest BCUT2D eigenvalue weighted by Gasteiger charge is -2.09. The zero-order valence-electron chi connectivity index (χ0n) is 9.84. The van der Waals surface area contributed by atoms with Crippen LogP contribution in [0.4, 0.5) is 8.78 Å². The highest BCUT2D eigenvalue weighted by molar-refractivity contribution is 9.10. The van der Waals surface area contributed by atoms with Crippen LogP contribution in [0.15, 0.2) is 21.5 Å². The van der Waals surface area contributed by atoms with E-state index in [0.717, 1.165) is 6.07 Å². The number of hydrogen-bond donors (Lipinski definition) is 2. The van der Waals surface area contributed by atoms with Crippen LogP contribution in [-0.4, -0.2) is 27.4 Å². The summed E-state index contributed by atoms with van der Waals surface area (Å²) in [6, 6.07) is 1.33. The molecule has 0 fully saturated rings. The topological polar surface area (TPSA) is 75.3 Å². The van der Waals surface area contributed by atoms with Crippen molar-refractivity contribution in [2.45, 2.75) is 11.8 Å². The van der Waals surface area contributed by atoms with Crippen LogP contribution in [0.3, 0.4) is 0 Å². The number of hydrogen-bond acceptors (Lipinski definition) is 3. The monoisotopic (exact) mass is 356 g/mol. The summed E-state index contributed by atoms with van der Waals surface area (Å²) in [5.74, 6) is -2.39. The Hall–Kier alpha value is -1.06. The van der Waals surface area contributed by atoms with E-state index in [4.69, 9.17) is 0 Å². The van der Waals surface area contributed by atoms with Crippen molar-refractivity contribution < 1.29 is 22.0 Å². The lowest BCUT2D eigenvalue weighted by Crippen LogP contribution is -2.34. The second-order valence-electron chi connectivity index (χ2n) is 3.58. The maximum absolute atomic E-state index is 13.5. The zero-order valence-corrected chi connectivity index (χ0v) is 12.2. The van der Waals surface area contributed by atoms with Crippen molar-refractivity contribution in [2.24, 2.45) is 0 Å². The van der Waals surface area contributed by atoms with Crippen molar-refractivity contribution in [1.82, 2.24) is 10.0 Å². The minimum absolute atomic E-state index is 0.0645. The fourth-order valence-electron chi connectivity index (χ4n) is 1.28. The molecule has 0 spiro atoms. The molecule has 1 amide bonds. The van der Waals surface area contributed by atoms with Gasteiger partial charge in [0.15, 0.2) is 0 Å². The third-order valence-corrected chi connectivity index (χ3v) is 4.45. The molecule has 0 bridgehead atoms. The smallest absolute Gasteiger partial charge is 0.244 e. The van der Waals surface area contributed by atoms with Gasteiger partial charge in [0, 0.05) is 30.6 Å². The number of rotatable bonds is 5. The molecule has 1 aromatic rings. The highest BCUT2D eigenvalue weighted by Crippen LogP contribution is 2.25. The van der Waals surface area contributed by atoms with Crippen molar-refractivity contribution in [1.29, 1.82) is 0 Å². The Labute approximate surface area is 117 Å². The van der Waals surface area contributed by atoms with Crippen molar-refractivity contribution in [2.75, 3.05) is 13.1 Å². The summed E-state index contributed by atoms with van der Waals surface area (Å²) < 4.78 is 51.9. The zero-order chi connectivity index (χ0) is 14.6. The van der Waals surface area contributed by atoms with Crippen LogP contribution in [0.2, 0.25) is 0 Å². The fourth-order valence-corrected chi connectivity index (χ4v) is 3.48. The van der Waals surface area contributed by atoms with Crippen LogP contribution in [0.25, 0.3) is 0 Å². The molecular weight excluding hydrogens is 346 g/mol. The van der Waals surface area contributed by atoms with E-state index in [1.54, 1.807) is 0 Å². The second-order valence-corrected chi connectivity index (χ2v) is 6.14. The summed E-state index contributed by atoms with van der Waals surface area (Å²) in [7, 11) is -4.13. The van der Waals surface area contributed by atoms with E-state index in [0.29, 0.717) is 6.07 Å². The van der Waals surface area contributed by atoms with Gasteiger partial charge in [0.1, 0.15) is 16.5 Å². The number of nitrogens with one attached hydrogen (secondary N) is 2. The summed E-state index contributed by atoms with van der Waals surface area (Å²) in [4.78, 5) is 9.92. The van der Waals surface area contributed by atoms with Gasteiger partial charge in [0.2, 0.25) is 15.9 Å². The molecule has 0 aliphatic carbocycles. The second kappa shape index (κ2) is 6.40. The molecule has 1 aromatic carbocycles. The average Bonchev–Trinajstić information content (AvgIpc) is 2.22. The van der Waals surface area contributed by atoms with Crippen molar-refractivity contribution >= 4 is 31.9 Å². The third kappa shape index (κ3) is 4.51. The van der Waals surface area contributed by atoms with Crippen molar-refractivity contribution in [3.8, 4) is 0 Å². The lowest BCUT2D eigenvalue weighted by atomic mass is 10.3. The summed E-state index contributed by atoms with van der Waals surface area (Å²) >= 11 is 2.80. The standard InChI is InChI=1S/C10H11BrF2N2O3S/c1-6(16)14-2-3-15-19(17,18)10-8(11)4-7(12)5-9(10)13/h4-5,15H,2-3H2,1H3,(H,14,16). The maximum Gasteiger partial charge on any atom is 0.244 e. The fraction of sp³-hybridized carbons (Fsp3) is 0.300. The average molecular weight is 357 g/mol. The number of amides is 1. The number of sulfonamides is 1. The predicted molar refractivity (Wildman–Crippen MR) is 67.9 cm³/mol. The highest BCUT2D eigenvalue weighted by Gasteiger charge is 2.23. The summed E-state index contributed by atoms with van der Waals surface area (Å²) in [5, 5.41) is 2.38. The molecule has 1 rings (SSSR count). The van der Waals surface area contributed by atoms with Gasteiger partial charge in [0.05, 0.1) is 0 Å². The summed E-state index contributed by atoms with van der Waals surface area (Å²) in [5.41, 5.74) is 0. The van der Waals surface area contributed by atoms with Crippen LogP contribution >= 0.6 is 15.9 Å². The molecule has 2 N–H and O–H groups in total. The minimum atomic E-state index is -4.13. The Morgan fingerprint density at radius 2 is 1.95 bits per heavy atom. The number of halogens is 3. The largest absolute Gasteiger partial charge is 0.355 e. The van der Waals surface area contributed by atoms with E-state index in [1.807, 2.05) is 0 Å². The Bertz CT molecular complexity index is 569. The Balaban J connectivity index is 2.86. The van der Waals surface area contributed by atoms with Crippen LogP contribution in [0, 0.1) is 11.6 Å². The van der Waals surface area contributed by atoms with Gasteiger partial charge in [-0.2, -0.15) is 0 Å². The maximum atomic E-state index is 13.5. The predicted octanol–water partition coefficient (Wildman–Crippen LogP) is 1.14. The number of carbonyl (C=O) groups excluding carboxylic acids is 1. The molecule has 0 aliphatic heterocycles. The first kappa shape index (κ1) is 16.0. The molecule has 0 heterocycles. The van der Waals surface area contributed by atoms with Gasteiger partial charge < -0.3 is 5.32 Å². The molecule has 0 atom stereocenters. The quantitative estimate of drug-likeness (QED) is 0.777. The van der Waals surface area contributed by atoms with E-state index in [-0.39, 0.29) is 23.5 Å². The minimum Gasteiger partial charge on any atom is -0.355 e. The van der Waals surface area contributed by atoms with Gasteiger partial charge in [-0.3, -0.25) is 4.79 Å². The van der Waals surface area contributed by atoms with E-state index in [2.05, 4.69) is 26.0 Å². The molecule has 5 nitrogen and oxygen atoms in total. The van der Waals surface area contributed by atoms with Gasteiger partial charge in [-0.1, -0.05) is 0 Å². The Morgan fingerprint density at radius 3 is 2.47 bits per heavy atom. The van der Waals surface area contributed by atoms with Crippen LogP contribution in [0.5, 0.6) is 0 Å². The Morgan fingerprint density at radius 1 is 1.32 bits per heavy atom. The van der Waals surface area contributed by atoms with Gasteiger partial charge in [-0.15, -0.1) is 0 Å². The molecule has 19 heavy (non-hydrogen) atoms. The van der Waals surface area contributed by atoms with Crippen LogP contribution in [-0.2, 0) is 14.8 Å². The number of carbonyl (C=O) groups is 1. The summed E-state index contributed by atoms with van der Waals surface area (Å²) in [6.07, 6.45) is 0. The first-order chi connectivity index (χ1) is 8.74. The van der Waals surface area contributed by atoms with E-state index in [9.17, 15) is 22.0 Å². The molecule has 106 valence electrons. The molecular formula is C10H11BrF2N2O3S. The van der Waals surface area contributed by atoms with E-state index < -0.39 is 26.6 Å². The molecule has 0 radical (unpaired) electrons. The normalized spacial score (nSPS) is 11.4. The molecule has 0 saturated heterocycles. The first-order valence-corrected chi connectivity index (χ1v) is 7.40. The van der Waals surface area contributed by atoms with Crippen molar-refractivity contribution in [3.05, 3.63) is 28.2 Å². The van der Waals surface area contributed by atoms with Gasteiger partial charge in [-0.25, -0.2) is 21.9 Å². The number of benzene rings is 1. The van der Waals surface area contributed by atoms with Gasteiger partial charge in [0.25, 0.3) is 0 Å². The van der Waals surface area contributed by atoms with Crippen molar-refractivity contribution in [3.63, 3.8) is 0 Å². The Kier molecular flexibility index (Phi) is 5.39. The van der Waals surface area contributed by atoms with Gasteiger partial charge >= 0.3 is 0 Å². The molecule has 0 unspecified atom stereocenters. The molecule has 0 saturated carbocycles. The summed E-state index contributed by atoms with van der Waals surface area (Å²) in [6.45, 7) is 1.24. The first-order valence-electron chi connectivity index (χ1n) is 5.12. The van der Waals surface area contributed by atoms with Gasteiger partial charge in [-0.05, 0) is 22.0 Å².